The van der Waals surface area contributed by atoms with Crippen LogP contribution in [0.25, 0.3) is 11.3 Å². The van der Waals surface area contributed by atoms with Crippen LogP contribution < -0.4 is 15.6 Å². The Balaban J connectivity index is 2.18. The maximum atomic E-state index is 12.6. The summed E-state index contributed by atoms with van der Waals surface area (Å²) >= 11 is 6.46. The second kappa shape index (κ2) is 8.48. The van der Waals surface area contributed by atoms with Crippen LogP contribution in [0.15, 0.2) is 23.1 Å². The van der Waals surface area contributed by atoms with Gasteiger partial charge in [0, 0.05) is 43.6 Å². The molecule has 2 radical (unpaired) electrons. The van der Waals surface area contributed by atoms with Gasteiger partial charge in [0.25, 0.3) is 0 Å². The molecule has 3 rings (SSSR count). The summed E-state index contributed by atoms with van der Waals surface area (Å²) in [7, 11) is 7.82. The van der Waals surface area contributed by atoms with E-state index in [4.69, 9.17) is 28.9 Å². The lowest BCUT2D eigenvalue weighted by molar-refractivity contribution is 0.0693. The summed E-state index contributed by atoms with van der Waals surface area (Å²) in [5.74, 6) is -0.728. The number of benzene rings is 1. The molecular weight excluding hydrogens is 405 g/mol. The molecule has 8 heteroatoms. The van der Waals surface area contributed by atoms with Gasteiger partial charge in [0.15, 0.2) is 5.43 Å². The van der Waals surface area contributed by atoms with E-state index in [-0.39, 0.29) is 22.5 Å². The van der Waals surface area contributed by atoms with Gasteiger partial charge in [-0.15, -0.1) is 0 Å². The number of carboxylic acid groups (broad SMARTS) is 1. The maximum absolute atomic E-state index is 12.6. The molecule has 2 heterocycles. The molecule has 2 aromatic rings. The number of carboxylic acids is 1. The molecule has 1 unspecified atom stereocenters. The first-order valence-corrected chi connectivity index (χ1v) is 10.2. The summed E-state index contributed by atoms with van der Waals surface area (Å²) in [5, 5.41) is 9.87. The van der Waals surface area contributed by atoms with Crippen LogP contribution in [-0.2, 0) is 11.2 Å². The van der Waals surface area contributed by atoms with Gasteiger partial charge in [0.2, 0.25) is 0 Å². The summed E-state index contributed by atoms with van der Waals surface area (Å²) in [6, 6.07) is 3.52. The fourth-order valence-corrected chi connectivity index (χ4v) is 4.07. The SMILES string of the molecule is [B]c1c2n(cc(C(=O)O)c1=O)C(C(C)(C)C)Cc1cc(OCCCOC)c(Cl)cc1-2. The van der Waals surface area contributed by atoms with E-state index in [2.05, 4.69) is 20.8 Å². The van der Waals surface area contributed by atoms with Crippen LogP contribution in [0.4, 0.5) is 0 Å². The number of fused-ring (bicyclic) bond motifs is 3. The van der Waals surface area contributed by atoms with Crippen molar-refractivity contribution in [1.82, 2.24) is 4.57 Å². The van der Waals surface area contributed by atoms with Crippen molar-refractivity contribution in [3.8, 4) is 17.0 Å². The summed E-state index contributed by atoms with van der Waals surface area (Å²) in [6.45, 7) is 7.26. The fourth-order valence-electron chi connectivity index (χ4n) is 3.85. The first kappa shape index (κ1) is 22.4. The zero-order valence-electron chi connectivity index (χ0n) is 17.6. The number of pyridine rings is 1. The highest BCUT2D eigenvalue weighted by atomic mass is 35.5. The number of hydrogen-bond donors (Lipinski definition) is 1. The monoisotopic (exact) mass is 429 g/mol. The summed E-state index contributed by atoms with van der Waals surface area (Å²) in [4.78, 5) is 24.2. The van der Waals surface area contributed by atoms with Crippen LogP contribution in [0, 0.1) is 5.41 Å². The number of aromatic carboxylic acids is 1. The Kier molecular flexibility index (Phi) is 6.34. The Morgan fingerprint density at radius 2 is 2.03 bits per heavy atom. The first-order valence-electron chi connectivity index (χ1n) is 9.78. The Bertz CT molecular complexity index is 1040. The topological polar surface area (TPSA) is 77.8 Å². The van der Waals surface area contributed by atoms with Gasteiger partial charge in [-0.25, -0.2) is 4.79 Å². The lowest BCUT2D eigenvalue weighted by atomic mass is 9.76. The molecule has 0 fully saturated rings. The molecule has 0 bridgehead atoms. The van der Waals surface area contributed by atoms with Crippen LogP contribution >= 0.6 is 11.6 Å². The second-order valence-corrected chi connectivity index (χ2v) is 8.97. The van der Waals surface area contributed by atoms with Crippen LogP contribution in [0.5, 0.6) is 5.75 Å². The van der Waals surface area contributed by atoms with Crippen LogP contribution in [0.1, 0.15) is 49.2 Å². The smallest absolute Gasteiger partial charge is 0.341 e. The Morgan fingerprint density at radius 3 is 2.63 bits per heavy atom. The minimum absolute atomic E-state index is 0.0880. The van der Waals surface area contributed by atoms with E-state index >= 15 is 0 Å². The predicted molar refractivity (Wildman–Crippen MR) is 118 cm³/mol. The Hall–Kier alpha value is -2.25. The van der Waals surface area contributed by atoms with E-state index in [0.717, 1.165) is 17.5 Å². The Morgan fingerprint density at radius 1 is 1.33 bits per heavy atom. The van der Waals surface area contributed by atoms with E-state index < -0.39 is 11.4 Å². The maximum Gasteiger partial charge on any atom is 0.341 e. The quantitative estimate of drug-likeness (QED) is 0.563. The molecule has 0 spiro atoms. The number of rotatable bonds is 6. The van der Waals surface area contributed by atoms with Crippen molar-refractivity contribution in [2.45, 2.75) is 39.7 Å². The third-order valence-electron chi connectivity index (χ3n) is 5.41. The van der Waals surface area contributed by atoms with Gasteiger partial charge in [0.1, 0.15) is 19.2 Å². The zero-order valence-corrected chi connectivity index (χ0v) is 18.4. The standard InChI is InChI=1S/C22H25BClNO5/c1-22(2,3)17-9-12-8-16(30-7-5-6-29-4)15(24)10-13(12)19-18(23)20(26)14(21(27)28)11-25(17)19/h8,10-11,17H,5-7,9H2,1-4H3,(H,27,28). The van der Waals surface area contributed by atoms with Gasteiger partial charge < -0.3 is 19.1 Å². The van der Waals surface area contributed by atoms with Crippen LogP contribution in [0.3, 0.4) is 0 Å². The van der Waals surface area contributed by atoms with E-state index in [1.54, 1.807) is 13.2 Å². The summed E-state index contributed by atoms with van der Waals surface area (Å²) in [6.07, 6.45) is 2.76. The average Bonchev–Trinajstić information content (AvgIpc) is 2.66. The molecule has 1 aromatic carbocycles. The van der Waals surface area contributed by atoms with Crippen molar-refractivity contribution in [1.29, 1.82) is 0 Å². The van der Waals surface area contributed by atoms with Gasteiger partial charge in [-0.1, -0.05) is 32.4 Å². The normalized spacial score (nSPS) is 15.4. The van der Waals surface area contributed by atoms with E-state index in [9.17, 15) is 14.7 Å². The first-order chi connectivity index (χ1) is 14.1. The highest BCUT2D eigenvalue weighted by Gasteiger charge is 2.35. The number of nitrogens with zero attached hydrogens (tertiary/aromatic N) is 1. The van der Waals surface area contributed by atoms with Crippen LogP contribution in [0.2, 0.25) is 5.02 Å². The molecule has 0 aliphatic carbocycles. The van der Waals surface area contributed by atoms with Crippen molar-refractivity contribution >= 4 is 30.9 Å². The van der Waals surface area contributed by atoms with Gasteiger partial charge in [-0.05, 0) is 35.0 Å². The number of methoxy groups -OCH3 is 1. The van der Waals surface area contributed by atoms with E-state index in [1.165, 1.54) is 6.20 Å². The van der Waals surface area contributed by atoms with E-state index in [0.29, 0.717) is 36.1 Å². The Labute approximate surface area is 182 Å². The van der Waals surface area contributed by atoms with Gasteiger partial charge >= 0.3 is 5.97 Å². The highest BCUT2D eigenvalue weighted by molar-refractivity contribution is 6.36. The van der Waals surface area contributed by atoms with Crippen molar-refractivity contribution in [3.63, 3.8) is 0 Å². The summed E-state index contributed by atoms with van der Waals surface area (Å²) in [5.41, 5.74) is 0.840. The van der Waals surface area contributed by atoms with Gasteiger partial charge in [-0.2, -0.15) is 0 Å². The molecule has 1 N–H and O–H groups in total. The number of ether oxygens (including phenoxy) is 2. The van der Waals surface area contributed by atoms with Crippen LogP contribution in [-0.4, -0.2) is 43.8 Å². The molecule has 0 saturated carbocycles. The zero-order chi connectivity index (χ0) is 22.2. The van der Waals surface area contributed by atoms with Gasteiger partial charge in [-0.3, -0.25) is 4.79 Å². The average molecular weight is 430 g/mol. The molecular formula is C22H25BClNO5. The molecule has 1 aliphatic rings. The molecule has 0 amide bonds. The minimum Gasteiger partial charge on any atom is -0.492 e. The fraction of sp³-hybridized carbons (Fsp3) is 0.455. The van der Waals surface area contributed by atoms with Crippen molar-refractivity contribution in [2.24, 2.45) is 5.41 Å². The molecule has 1 aliphatic heterocycles. The highest BCUT2D eigenvalue weighted by Crippen LogP contribution is 2.44. The summed E-state index contributed by atoms with van der Waals surface area (Å²) < 4.78 is 12.7. The number of halogens is 1. The number of carbonyl (C=O) groups is 1. The lowest BCUT2D eigenvalue weighted by Gasteiger charge is -2.40. The molecule has 6 nitrogen and oxygen atoms in total. The van der Waals surface area contributed by atoms with Crippen molar-refractivity contribution < 1.29 is 19.4 Å². The largest absolute Gasteiger partial charge is 0.492 e. The molecule has 1 atom stereocenters. The third-order valence-corrected chi connectivity index (χ3v) is 5.71. The van der Waals surface area contributed by atoms with E-state index in [1.807, 2.05) is 10.6 Å². The van der Waals surface area contributed by atoms with Crippen molar-refractivity contribution in [2.75, 3.05) is 20.3 Å². The minimum atomic E-state index is -1.29. The van der Waals surface area contributed by atoms with Crippen molar-refractivity contribution in [3.05, 3.63) is 44.7 Å². The van der Waals surface area contributed by atoms with Gasteiger partial charge in [0.05, 0.1) is 11.6 Å². The molecule has 0 saturated heterocycles. The number of aromatic nitrogens is 1. The molecule has 158 valence electrons. The predicted octanol–water partition coefficient (Wildman–Crippen LogP) is 3.22. The second-order valence-electron chi connectivity index (χ2n) is 8.57. The molecule has 30 heavy (non-hydrogen) atoms. The third kappa shape index (κ3) is 4.14. The lowest BCUT2D eigenvalue weighted by Crippen LogP contribution is -2.40. The molecule has 1 aromatic heterocycles. The number of hydrogen-bond acceptors (Lipinski definition) is 4.